The first-order valence-electron chi connectivity index (χ1n) is 6.44. The van der Waals surface area contributed by atoms with Gasteiger partial charge in [-0.1, -0.05) is 6.07 Å². The maximum absolute atomic E-state index is 13.2. The largest absolute Gasteiger partial charge is 0.373 e. The van der Waals surface area contributed by atoms with E-state index in [2.05, 4.69) is 0 Å². The van der Waals surface area contributed by atoms with Crippen LogP contribution >= 0.6 is 0 Å². The molecule has 0 bridgehead atoms. The molecule has 3 rings (SSSR count). The third-order valence-electron chi connectivity index (χ3n) is 3.95. The van der Waals surface area contributed by atoms with Crippen LogP contribution in [0.2, 0.25) is 0 Å². The first-order valence-corrected chi connectivity index (χ1v) is 6.44. The molecule has 2 unspecified atom stereocenters. The minimum atomic E-state index is -0.682. The van der Waals surface area contributed by atoms with Gasteiger partial charge in [0, 0.05) is 12.8 Å². The van der Waals surface area contributed by atoms with E-state index in [1.807, 2.05) is 0 Å². The van der Waals surface area contributed by atoms with Crippen molar-refractivity contribution in [1.82, 2.24) is 4.90 Å². The summed E-state index contributed by atoms with van der Waals surface area (Å²) in [6, 6.07) is 4.66. The van der Waals surface area contributed by atoms with Crippen molar-refractivity contribution in [2.75, 3.05) is 0 Å². The van der Waals surface area contributed by atoms with Gasteiger partial charge in [0.05, 0.1) is 6.04 Å². The zero-order valence-corrected chi connectivity index (χ0v) is 10.1. The second-order valence-electron chi connectivity index (χ2n) is 5.07. The lowest BCUT2D eigenvalue weighted by atomic mass is 9.86. The van der Waals surface area contributed by atoms with Crippen LogP contribution < -0.4 is 0 Å². The molecule has 1 aromatic carbocycles. The molecule has 1 fully saturated rings. The van der Waals surface area contributed by atoms with E-state index in [1.54, 1.807) is 17.0 Å². The Morgan fingerprint density at radius 2 is 2.11 bits per heavy atom. The van der Waals surface area contributed by atoms with Crippen molar-refractivity contribution >= 4 is 5.91 Å². The molecule has 96 valence electrons. The number of aryl methyl sites for hydroxylation is 1. The minimum absolute atomic E-state index is 0.00433. The van der Waals surface area contributed by atoms with E-state index in [1.165, 1.54) is 6.07 Å². The van der Waals surface area contributed by atoms with Gasteiger partial charge >= 0.3 is 0 Å². The number of aliphatic hydroxyl groups is 1. The fourth-order valence-corrected chi connectivity index (χ4v) is 3.11. The Balaban J connectivity index is 1.98. The molecule has 2 atom stereocenters. The van der Waals surface area contributed by atoms with Gasteiger partial charge in [-0.25, -0.2) is 4.39 Å². The molecule has 0 saturated carbocycles. The molecule has 1 aromatic rings. The third-order valence-corrected chi connectivity index (χ3v) is 3.95. The lowest BCUT2D eigenvalue weighted by Gasteiger charge is -2.35. The second-order valence-corrected chi connectivity index (χ2v) is 5.07. The van der Waals surface area contributed by atoms with Crippen molar-refractivity contribution in [1.29, 1.82) is 0 Å². The van der Waals surface area contributed by atoms with Crippen LogP contribution in [0.5, 0.6) is 0 Å². The van der Waals surface area contributed by atoms with E-state index < -0.39 is 6.23 Å². The summed E-state index contributed by atoms with van der Waals surface area (Å²) in [6.07, 6.45) is 2.86. The summed E-state index contributed by atoms with van der Waals surface area (Å²) >= 11 is 0. The Kier molecular flexibility index (Phi) is 2.82. The van der Waals surface area contributed by atoms with E-state index in [4.69, 9.17) is 0 Å². The number of nitrogens with zero attached hydrogens (tertiary/aromatic N) is 1. The standard InChI is InChI=1S/C14H16FNO2/c15-10-4-5-11-9(8-10)2-1-3-12(11)16-13(17)6-7-14(16)18/h4-5,8,12-13,17H,1-3,6-7H2. The van der Waals surface area contributed by atoms with Crippen LogP contribution in [0.25, 0.3) is 0 Å². The summed E-state index contributed by atoms with van der Waals surface area (Å²) in [5, 5.41) is 9.92. The maximum Gasteiger partial charge on any atom is 0.225 e. The van der Waals surface area contributed by atoms with Gasteiger partial charge in [-0.2, -0.15) is 0 Å². The summed E-state index contributed by atoms with van der Waals surface area (Å²) in [5.41, 5.74) is 1.97. The smallest absolute Gasteiger partial charge is 0.225 e. The normalized spacial score (nSPS) is 27.4. The van der Waals surface area contributed by atoms with Crippen LogP contribution in [0, 0.1) is 5.82 Å². The molecular formula is C14H16FNO2. The summed E-state index contributed by atoms with van der Waals surface area (Å²) in [7, 11) is 0. The highest BCUT2D eigenvalue weighted by Gasteiger charge is 2.37. The van der Waals surface area contributed by atoms with Crippen LogP contribution in [-0.4, -0.2) is 22.1 Å². The van der Waals surface area contributed by atoms with Gasteiger partial charge in [-0.3, -0.25) is 4.79 Å². The average Bonchev–Trinajstić information content (AvgIpc) is 2.68. The number of carbonyl (C=O) groups is 1. The van der Waals surface area contributed by atoms with Gasteiger partial charge in [0.25, 0.3) is 0 Å². The Labute approximate surface area is 105 Å². The van der Waals surface area contributed by atoms with Crippen LogP contribution in [0.15, 0.2) is 18.2 Å². The lowest BCUT2D eigenvalue weighted by Crippen LogP contribution is -2.38. The Bertz CT molecular complexity index is 489. The van der Waals surface area contributed by atoms with Gasteiger partial charge in [0.1, 0.15) is 12.0 Å². The van der Waals surface area contributed by atoms with Crippen LogP contribution in [0.3, 0.4) is 0 Å². The number of fused-ring (bicyclic) bond motifs is 1. The predicted molar refractivity (Wildman–Crippen MR) is 64.2 cm³/mol. The van der Waals surface area contributed by atoms with Crippen molar-refractivity contribution in [2.24, 2.45) is 0 Å². The Morgan fingerprint density at radius 1 is 1.28 bits per heavy atom. The fourth-order valence-electron chi connectivity index (χ4n) is 3.11. The highest BCUT2D eigenvalue weighted by Crippen LogP contribution is 2.38. The molecular weight excluding hydrogens is 233 g/mol. The highest BCUT2D eigenvalue weighted by molar-refractivity contribution is 5.79. The number of hydrogen-bond acceptors (Lipinski definition) is 2. The molecule has 1 heterocycles. The summed E-state index contributed by atoms with van der Waals surface area (Å²) in [4.78, 5) is 13.4. The van der Waals surface area contributed by atoms with E-state index in [9.17, 15) is 14.3 Å². The molecule has 0 spiro atoms. The molecule has 1 N–H and O–H groups in total. The molecule has 0 aromatic heterocycles. The monoisotopic (exact) mass is 249 g/mol. The summed E-state index contributed by atoms with van der Waals surface area (Å²) in [5.74, 6) is -0.229. The highest BCUT2D eigenvalue weighted by atomic mass is 19.1. The van der Waals surface area contributed by atoms with Crippen LogP contribution in [0.4, 0.5) is 4.39 Å². The molecule has 4 heteroatoms. The fraction of sp³-hybridized carbons (Fsp3) is 0.500. The van der Waals surface area contributed by atoms with Gasteiger partial charge in [0.2, 0.25) is 5.91 Å². The van der Waals surface area contributed by atoms with Crippen molar-refractivity contribution in [2.45, 2.75) is 44.4 Å². The van der Waals surface area contributed by atoms with E-state index in [0.717, 1.165) is 30.4 Å². The van der Waals surface area contributed by atoms with E-state index in [0.29, 0.717) is 12.8 Å². The number of benzene rings is 1. The topological polar surface area (TPSA) is 40.5 Å². The van der Waals surface area contributed by atoms with Crippen molar-refractivity contribution in [3.63, 3.8) is 0 Å². The first kappa shape index (κ1) is 11.7. The van der Waals surface area contributed by atoms with Gasteiger partial charge in [-0.15, -0.1) is 0 Å². The summed E-state index contributed by atoms with van der Waals surface area (Å²) in [6.45, 7) is 0. The van der Waals surface area contributed by atoms with Crippen molar-refractivity contribution in [3.05, 3.63) is 35.1 Å². The Morgan fingerprint density at radius 3 is 2.83 bits per heavy atom. The minimum Gasteiger partial charge on any atom is -0.373 e. The Hall–Kier alpha value is -1.42. The van der Waals surface area contributed by atoms with Gasteiger partial charge < -0.3 is 10.0 Å². The average molecular weight is 249 g/mol. The number of rotatable bonds is 1. The molecule has 18 heavy (non-hydrogen) atoms. The molecule has 1 aliphatic heterocycles. The molecule has 2 aliphatic rings. The number of halogens is 1. The SMILES string of the molecule is O=C1CCC(O)N1C1CCCc2cc(F)ccc21. The van der Waals surface area contributed by atoms with Crippen LogP contribution in [-0.2, 0) is 11.2 Å². The lowest BCUT2D eigenvalue weighted by molar-refractivity contribution is -0.137. The zero-order valence-electron chi connectivity index (χ0n) is 10.1. The predicted octanol–water partition coefficient (Wildman–Crippen LogP) is 2.14. The van der Waals surface area contributed by atoms with Crippen molar-refractivity contribution < 1.29 is 14.3 Å². The number of likely N-dealkylation sites (tertiary alicyclic amines) is 1. The van der Waals surface area contributed by atoms with Gasteiger partial charge in [0.15, 0.2) is 0 Å². The maximum atomic E-state index is 13.2. The van der Waals surface area contributed by atoms with E-state index in [-0.39, 0.29) is 17.8 Å². The second kappa shape index (κ2) is 4.35. The molecule has 3 nitrogen and oxygen atoms in total. The quantitative estimate of drug-likeness (QED) is 0.828. The van der Waals surface area contributed by atoms with Crippen LogP contribution in [0.1, 0.15) is 42.9 Å². The number of hydrogen-bond donors (Lipinski definition) is 1. The van der Waals surface area contributed by atoms with Gasteiger partial charge in [-0.05, 0) is 42.5 Å². The number of carbonyl (C=O) groups excluding carboxylic acids is 1. The summed E-state index contributed by atoms with van der Waals surface area (Å²) < 4.78 is 13.2. The zero-order chi connectivity index (χ0) is 12.7. The molecule has 0 radical (unpaired) electrons. The van der Waals surface area contributed by atoms with Crippen molar-refractivity contribution in [3.8, 4) is 0 Å². The van der Waals surface area contributed by atoms with E-state index >= 15 is 0 Å². The number of amides is 1. The molecule has 1 amide bonds. The third kappa shape index (κ3) is 1.81. The molecule has 1 saturated heterocycles. The first-order chi connectivity index (χ1) is 8.66. The number of aliphatic hydroxyl groups excluding tert-OH is 1. The molecule has 1 aliphatic carbocycles.